The largest absolute Gasteiger partial charge is 0.490 e. The lowest BCUT2D eigenvalue weighted by molar-refractivity contribution is 0.363. The van der Waals surface area contributed by atoms with Crippen LogP contribution in [-0.2, 0) is 16.2 Å². The third kappa shape index (κ3) is 10.6. The van der Waals surface area contributed by atoms with E-state index in [2.05, 4.69) is 364 Å². The van der Waals surface area contributed by atoms with Crippen LogP contribution in [0.15, 0.2) is 376 Å². The minimum atomic E-state index is -0.673. The number of hydrogen-bond acceptors (Lipinski definition) is 4. The molecule has 3 unspecified atom stereocenters. The normalized spacial score (nSPS) is 17.9. The number of ether oxygens (including phenoxy) is 2. The van der Waals surface area contributed by atoms with E-state index in [9.17, 15) is 0 Å². The zero-order chi connectivity index (χ0) is 65.3. The molecule has 0 radical (unpaired) electrons. The van der Waals surface area contributed by atoms with E-state index in [0.29, 0.717) is 13.2 Å². The standard InChI is InChI=1S/C93H74N2O2/c1-4-60-96-81-48-40-73(41-49-81)92(71-28-16-8-17-29-71)87-62-68(66-24-12-6-13-25-66)36-52-83(87)85-54-46-79(64-89(85)92)94(75-32-20-10-21-33-75)77-44-38-70(39-45-77)91(3)58-56-78(57-59-91)95(76-34-22-11-23-35-76)80-47-55-86-84-53-37-69(67-26-14-7-15-27-67)63-88(84)93(90(86)65-80,72-30-18-9-19-31-72)74-42-50-82(51-43-74)97-61-5-2/h4-45,47-53,55-58,62-65H,1-2,46,54,59-61H2,3H3. The van der Waals surface area contributed by atoms with E-state index < -0.39 is 10.8 Å². The zero-order valence-corrected chi connectivity index (χ0v) is 54.6. The van der Waals surface area contributed by atoms with Gasteiger partial charge in [-0.2, -0.15) is 0 Å². The molecule has 4 heteroatoms. The Morgan fingerprint density at radius 1 is 0.381 bits per heavy atom. The second kappa shape index (κ2) is 25.5. The maximum absolute atomic E-state index is 6.12. The van der Waals surface area contributed by atoms with Gasteiger partial charge in [0.15, 0.2) is 0 Å². The number of anilines is 4. The lowest BCUT2D eigenvalue weighted by atomic mass is 9.66. The fourth-order valence-corrected chi connectivity index (χ4v) is 15.9. The Hall–Kier alpha value is -11.7. The second-order valence-corrected chi connectivity index (χ2v) is 26.0. The van der Waals surface area contributed by atoms with Gasteiger partial charge in [-0.05, 0) is 211 Å². The number of benzene rings is 12. The summed E-state index contributed by atoms with van der Waals surface area (Å²) in [6.45, 7) is 11.1. The lowest BCUT2D eigenvalue weighted by Crippen LogP contribution is -2.31. The highest BCUT2D eigenvalue weighted by atomic mass is 16.5. The van der Waals surface area contributed by atoms with Gasteiger partial charge in [0.05, 0.1) is 10.8 Å². The van der Waals surface area contributed by atoms with Crippen LogP contribution in [0.5, 0.6) is 11.5 Å². The fourth-order valence-electron chi connectivity index (χ4n) is 15.9. The van der Waals surface area contributed by atoms with Crippen LogP contribution in [0.3, 0.4) is 0 Å². The maximum Gasteiger partial charge on any atom is 0.119 e. The summed E-state index contributed by atoms with van der Waals surface area (Å²) < 4.78 is 12.2. The van der Waals surface area contributed by atoms with E-state index >= 15 is 0 Å². The molecule has 0 saturated heterocycles. The molecule has 0 saturated carbocycles. The summed E-state index contributed by atoms with van der Waals surface area (Å²) in [6, 6.07) is 114. The van der Waals surface area contributed by atoms with E-state index in [-0.39, 0.29) is 5.41 Å². The Morgan fingerprint density at radius 3 is 1.33 bits per heavy atom. The highest BCUT2D eigenvalue weighted by Gasteiger charge is 2.50. The van der Waals surface area contributed by atoms with Crippen molar-refractivity contribution in [2.75, 3.05) is 23.0 Å². The van der Waals surface area contributed by atoms with Crippen molar-refractivity contribution in [3.05, 3.63) is 426 Å². The van der Waals surface area contributed by atoms with E-state index in [1.54, 1.807) is 12.2 Å². The van der Waals surface area contributed by atoms with Gasteiger partial charge in [-0.25, -0.2) is 0 Å². The number of allylic oxidation sites excluding steroid dienone is 7. The molecule has 4 nitrogen and oxygen atoms in total. The molecule has 0 aromatic heterocycles. The minimum absolute atomic E-state index is 0.290. The van der Waals surface area contributed by atoms with Gasteiger partial charge >= 0.3 is 0 Å². The number of para-hydroxylation sites is 2. The molecule has 0 amide bonds. The van der Waals surface area contributed by atoms with E-state index in [1.807, 2.05) is 0 Å². The van der Waals surface area contributed by atoms with Gasteiger partial charge < -0.3 is 19.3 Å². The Bertz CT molecular complexity index is 5020. The third-order valence-corrected chi connectivity index (χ3v) is 20.5. The van der Waals surface area contributed by atoms with Crippen molar-refractivity contribution in [3.8, 4) is 44.9 Å². The fraction of sp³-hybridized carbons (Fsp3) is 0.0968. The molecule has 3 atom stereocenters. The number of nitrogens with zero attached hydrogens (tertiary/aromatic N) is 2. The summed E-state index contributed by atoms with van der Waals surface area (Å²) in [6.07, 6.45) is 15.9. The molecule has 97 heavy (non-hydrogen) atoms. The lowest BCUT2D eigenvalue weighted by Gasteiger charge is -2.38. The molecule has 12 aromatic rings. The molecule has 0 bridgehead atoms. The minimum Gasteiger partial charge on any atom is -0.490 e. The molecule has 0 aliphatic heterocycles. The smallest absolute Gasteiger partial charge is 0.119 e. The van der Waals surface area contributed by atoms with Crippen molar-refractivity contribution in [2.24, 2.45) is 0 Å². The maximum atomic E-state index is 6.12. The highest BCUT2D eigenvalue weighted by molar-refractivity contribution is 5.93. The van der Waals surface area contributed by atoms with Crippen LogP contribution in [-0.4, -0.2) is 13.2 Å². The first kappa shape index (κ1) is 60.2. The van der Waals surface area contributed by atoms with Crippen LogP contribution in [0.25, 0.3) is 39.0 Å². The molecule has 0 spiro atoms. The summed E-state index contributed by atoms with van der Waals surface area (Å²) in [5, 5.41) is 0. The Balaban J connectivity index is 0.767. The van der Waals surface area contributed by atoms with Crippen LogP contribution < -0.4 is 19.3 Å². The van der Waals surface area contributed by atoms with Gasteiger partial charge in [-0.3, -0.25) is 0 Å². The topological polar surface area (TPSA) is 24.9 Å². The van der Waals surface area contributed by atoms with Crippen LogP contribution in [0.1, 0.15) is 76.3 Å². The monoisotopic (exact) mass is 1250 g/mol. The molecular formula is C93H74N2O2. The number of hydrogen-bond donors (Lipinski definition) is 0. The van der Waals surface area contributed by atoms with Gasteiger partial charge in [0, 0.05) is 39.6 Å². The first-order valence-corrected chi connectivity index (χ1v) is 33.8. The van der Waals surface area contributed by atoms with Crippen LogP contribution >= 0.6 is 0 Å². The SMILES string of the molecule is C=CCOc1ccc(C2(c3ccccc3)C3=C(CCC(N(c4ccccc4)c4ccc(C5(C)C=CC(N(c6ccccc6)c6ccc7c(c6)C(c6ccccc6)(c6ccc(OCC=C)cc6)c6cc(-c8ccccc8)ccc6-7)=CC5)cc4)=C3)c3ccc(-c4ccccc4)cc32)cc1. The first-order chi connectivity index (χ1) is 47.8. The summed E-state index contributed by atoms with van der Waals surface area (Å²) >= 11 is 0. The molecule has 4 aliphatic rings. The van der Waals surface area contributed by atoms with Gasteiger partial charge in [0.25, 0.3) is 0 Å². The van der Waals surface area contributed by atoms with E-state index in [1.165, 1.54) is 100 Å². The van der Waals surface area contributed by atoms with Gasteiger partial charge in [0.2, 0.25) is 0 Å². The van der Waals surface area contributed by atoms with Gasteiger partial charge in [-0.1, -0.05) is 269 Å². The average molecular weight is 1250 g/mol. The third-order valence-electron chi connectivity index (χ3n) is 20.5. The summed E-state index contributed by atoms with van der Waals surface area (Å²) in [5.41, 5.74) is 26.3. The summed E-state index contributed by atoms with van der Waals surface area (Å²) in [5.74, 6) is 1.63. The molecule has 0 fully saturated rings. The molecule has 468 valence electrons. The molecule has 12 aromatic carbocycles. The van der Waals surface area contributed by atoms with Gasteiger partial charge in [0.1, 0.15) is 24.7 Å². The van der Waals surface area contributed by atoms with Crippen molar-refractivity contribution in [2.45, 2.75) is 42.4 Å². The molecule has 0 N–H and O–H groups in total. The van der Waals surface area contributed by atoms with Crippen molar-refractivity contribution in [3.63, 3.8) is 0 Å². The molecule has 16 rings (SSSR count). The zero-order valence-electron chi connectivity index (χ0n) is 54.6. The summed E-state index contributed by atoms with van der Waals surface area (Å²) in [4.78, 5) is 4.95. The van der Waals surface area contributed by atoms with Crippen molar-refractivity contribution < 1.29 is 9.47 Å². The predicted molar refractivity (Wildman–Crippen MR) is 402 cm³/mol. The van der Waals surface area contributed by atoms with Crippen LogP contribution in [0.2, 0.25) is 0 Å². The van der Waals surface area contributed by atoms with Crippen molar-refractivity contribution in [1.82, 2.24) is 0 Å². The van der Waals surface area contributed by atoms with E-state index in [4.69, 9.17) is 9.47 Å². The predicted octanol–water partition coefficient (Wildman–Crippen LogP) is 23.1. The molecule has 4 aliphatic carbocycles. The van der Waals surface area contributed by atoms with Crippen molar-refractivity contribution >= 4 is 28.3 Å². The van der Waals surface area contributed by atoms with Crippen molar-refractivity contribution in [1.29, 1.82) is 0 Å². The average Bonchev–Trinajstić information content (AvgIpc) is 1.55. The number of fused-ring (bicyclic) bond motifs is 5. The van der Waals surface area contributed by atoms with Crippen LogP contribution in [0.4, 0.5) is 22.7 Å². The van der Waals surface area contributed by atoms with Gasteiger partial charge in [-0.15, -0.1) is 0 Å². The second-order valence-electron chi connectivity index (χ2n) is 26.0. The molecular weight excluding hydrogens is 1180 g/mol. The number of rotatable bonds is 19. The van der Waals surface area contributed by atoms with Crippen LogP contribution in [0, 0.1) is 0 Å². The Kier molecular flexibility index (Phi) is 15.9. The van der Waals surface area contributed by atoms with E-state index in [0.717, 1.165) is 59.2 Å². The Labute approximate surface area is 570 Å². The quantitative estimate of drug-likeness (QED) is 0.0754. The first-order valence-electron chi connectivity index (χ1n) is 33.8. The highest BCUT2D eigenvalue weighted by Crippen LogP contribution is 2.61. The Morgan fingerprint density at radius 2 is 0.804 bits per heavy atom. The summed E-state index contributed by atoms with van der Waals surface area (Å²) in [7, 11) is 0. The molecule has 0 heterocycles.